The number of hydrogen-bond acceptors (Lipinski definition) is 3. The molecule has 0 spiro atoms. The third-order valence-electron chi connectivity index (χ3n) is 1.03. The van der Waals surface area contributed by atoms with Crippen molar-refractivity contribution >= 4 is 33.6 Å². The summed E-state index contributed by atoms with van der Waals surface area (Å²) in [6, 6.07) is 0. The van der Waals surface area contributed by atoms with E-state index in [-0.39, 0.29) is 5.91 Å². The van der Waals surface area contributed by atoms with Gasteiger partial charge in [0.05, 0.1) is 10.8 Å². The first-order chi connectivity index (χ1) is 4.74. The maximum Gasteiger partial charge on any atom is 0.235 e. The van der Waals surface area contributed by atoms with E-state index in [4.69, 9.17) is 5.73 Å². The smallest absolute Gasteiger partial charge is 0.235 e. The summed E-state index contributed by atoms with van der Waals surface area (Å²) in [5.74, 6) is 0.551. The van der Waals surface area contributed by atoms with Crippen LogP contribution in [-0.2, 0) is 4.79 Å². The van der Waals surface area contributed by atoms with Gasteiger partial charge in [0.2, 0.25) is 5.91 Å². The molecule has 1 amide bonds. The highest BCUT2D eigenvalue weighted by Crippen LogP contribution is 2.24. The molecular weight excluding hydrogens is 216 g/mol. The number of nitrogens with one attached hydrogen (secondary N) is 1. The van der Waals surface area contributed by atoms with Crippen molar-refractivity contribution in [2.75, 3.05) is 12.3 Å². The summed E-state index contributed by atoms with van der Waals surface area (Å²) in [5.41, 5.74) is 5.33. The Kier molecular flexibility index (Phi) is 2.76. The van der Waals surface area contributed by atoms with Crippen LogP contribution in [0.3, 0.4) is 0 Å². The lowest BCUT2D eigenvalue weighted by Gasteiger charge is -1.97. The zero-order valence-corrected chi connectivity index (χ0v) is 7.59. The van der Waals surface area contributed by atoms with Crippen LogP contribution in [0.4, 0.5) is 0 Å². The molecule has 0 aliphatic carbocycles. The van der Waals surface area contributed by atoms with E-state index in [2.05, 4.69) is 21.2 Å². The number of hydrogen-bond donors (Lipinski definition) is 2. The Morgan fingerprint density at radius 1 is 1.90 bits per heavy atom. The molecule has 0 aromatic rings. The van der Waals surface area contributed by atoms with Gasteiger partial charge < -0.3 is 11.1 Å². The van der Waals surface area contributed by atoms with Crippen LogP contribution in [0.1, 0.15) is 0 Å². The minimum atomic E-state index is 0.0467. The minimum absolute atomic E-state index is 0.0467. The second-order valence-electron chi connectivity index (χ2n) is 1.77. The first-order valence-corrected chi connectivity index (χ1v) is 4.53. The van der Waals surface area contributed by atoms with Crippen LogP contribution in [0.5, 0.6) is 0 Å². The Balaban J connectivity index is 2.66. The molecule has 0 bridgehead atoms. The molecule has 0 unspecified atom stereocenters. The van der Waals surface area contributed by atoms with Gasteiger partial charge in [-0.3, -0.25) is 4.79 Å². The lowest BCUT2D eigenvalue weighted by molar-refractivity contribution is -0.117. The van der Waals surface area contributed by atoms with Crippen molar-refractivity contribution in [2.24, 2.45) is 5.73 Å². The maximum absolute atomic E-state index is 10.6. The number of amides is 1. The minimum Gasteiger partial charge on any atom is -0.326 e. The van der Waals surface area contributed by atoms with Gasteiger partial charge in [-0.2, -0.15) is 0 Å². The van der Waals surface area contributed by atoms with Crippen molar-refractivity contribution in [2.45, 2.75) is 0 Å². The lowest BCUT2D eigenvalue weighted by atomic mass is 10.6. The zero-order chi connectivity index (χ0) is 7.56. The summed E-state index contributed by atoms with van der Waals surface area (Å²) in [5, 5.41) is 3.54. The van der Waals surface area contributed by atoms with Gasteiger partial charge in [-0.1, -0.05) is 27.7 Å². The SMILES string of the molecule is NC/C(Br)=C1/NC(=O)CS1. The summed E-state index contributed by atoms with van der Waals surface area (Å²) >= 11 is 4.73. The molecule has 1 heterocycles. The quantitative estimate of drug-likeness (QED) is 0.675. The highest BCUT2D eigenvalue weighted by atomic mass is 79.9. The number of halogens is 1. The van der Waals surface area contributed by atoms with E-state index in [1.807, 2.05) is 0 Å². The number of nitrogens with two attached hydrogens (primary N) is 1. The third kappa shape index (κ3) is 1.74. The van der Waals surface area contributed by atoms with E-state index in [0.29, 0.717) is 12.3 Å². The Labute approximate surface area is 71.5 Å². The van der Waals surface area contributed by atoms with Crippen LogP contribution in [0.15, 0.2) is 9.51 Å². The zero-order valence-electron chi connectivity index (χ0n) is 5.19. The monoisotopic (exact) mass is 222 g/mol. The molecular formula is C5H7BrN2OS. The van der Waals surface area contributed by atoms with Crippen LogP contribution in [0, 0.1) is 0 Å². The molecule has 56 valence electrons. The largest absolute Gasteiger partial charge is 0.326 e. The summed E-state index contributed by atoms with van der Waals surface area (Å²) in [4.78, 5) is 10.6. The molecule has 0 aromatic heterocycles. The van der Waals surface area contributed by atoms with Gasteiger partial charge in [-0.25, -0.2) is 0 Å². The fourth-order valence-electron chi connectivity index (χ4n) is 0.575. The Bertz CT molecular complexity index is 192. The summed E-state index contributed by atoms with van der Waals surface area (Å²) in [6.45, 7) is 0.433. The van der Waals surface area contributed by atoms with Gasteiger partial charge >= 0.3 is 0 Å². The van der Waals surface area contributed by atoms with Crippen LogP contribution >= 0.6 is 27.7 Å². The molecule has 1 aliphatic heterocycles. The summed E-state index contributed by atoms with van der Waals surface area (Å²) in [6.07, 6.45) is 0. The Hall–Kier alpha value is -0.000000000000000111. The van der Waals surface area contributed by atoms with E-state index in [9.17, 15) is 4.79 Å². The Morgan fingerprint density at radius 2 is 2.60 bits per heavy atom. The molecule has 3 N–H and O–H groups in total. The summed E-state index contributed by atoms with van der Waals surface area (Å²) < 4.78 is 0.864. The molecule has 0 saturated carbocycles. The van der Waals surface area contributed by atoms with Crippen LogP contribution in [0.2, 0.25) is 0 Å². The van der Waals surface area contributed by atoms with Gasteiger partial charge in [0, 0.05) is 11.0 Å². The lowest BCUT2D eigenvalue weighted by Crippen LogP contribution is -2.16. The first-order valence-electron chi connectivity index (χ1n) is 2.75. The highest BCUT2D eigenvalue weighted by molar-refractivity contribution is 9.11. The Morgan fingerprint density at radius 3 is 3.00 bits per heavy atom. The maximum atomic E-state index is 10.6. The molecule has 5 heteroatoms. The number of carbonyl (C=O) groups is 1. The molecule has 1 fully saturated rings. The standard InChI is InChI=1S/C5H7BrN2OS/c6-3(1-7)5-8-4(9)2-10-5/h1-2,7H2,(H,8,9)/b5-3+. The predicted molar refractivity (Wildman–Crippen MR) is 45.6 cm³/mol. The van der Waals surface area contributed by atoms with E-state index in [1.54, 1.807) is 0 Å². The van der Waals surface area contributed by atoms with Crippen molar-refractivity contribution in [3.63, 3.8) is 0 Å². The van der Waals surface area contributed by atoms with Gasteiger partial charge in [0.25, 0.3) is 0 Å². The molecule has 1 rings (SSSR count). The van der Waals surface area contributed by atoms with Crippen molar-refractivity contribution in [1.29, 1.82) is 0 Å². The third-order valence-corrected chi connectivity index (χ3v) is 3.05. The van der Waals surface area contributed by atoms with Crippen LogP contribution in [-0.4, -0.2) is 18.2 Å². The van der Waals surface area contributed by atoms with Crippen molar-refractivity contribution < 1.29 is 4.79 Å². The topological polar surface area (TPSA) is 55.1 Å². The average molecular weight is 223 g/mol. The molecule has 10 heavy (non-hydrogen) atoms. The van der Waals surface area contributed by atoms with Gasteiger partial charge in [-0.05, 0) is 0 Å². The fraction of sp³-hybridized carbons (Fsp3) is 0.400. The van der Waals surface area contributed by atoms with Crippen molar-refractivity contribution in [1.82, 2.24) is 5.32 Å². The second kappa shape index (κ2) is 3.41. The average Bonchev–Trinajstić information content (AvgIpc) is 2.34. The summed E-state index contributed by atoms with van der Waals surface area (Å²) in [7, 11) is 0. The number of carbonyl (C=O) groups excluding carboxylic acids is 1. The number of rotatable bonds is 1. The molecule has 0 atom stereocenters. The molecule has 0 radical (unpaired) electrons. The number of thioether (sulfide) groups is 1. The van der Waals surface area contributed by atoms with Gasteiger partial charge in [-0.15, -0.1) is 0 Å². The second-order valence-corrected chi connectivity index (χ2v) is 3.72. The van der Waals surface area contributed by atoms with Crippen molar-refractivity contribution in [3.05, 3.63) is 9.51 Å². The highest BCUT2D eigenvalue weighted by Gasteiger charge is 2.16. The molecule has 0 aromatic carbocycles. The van der Waals surface area contributed by atoms with E-state index in [1.165, 1.54) is 11.8 Å². The van der Waals surface area contributed by atoms with Gasteiger partial charge in [0.1, 0.15) is 0 Å². The fourth-order valence-corrected chi connectivity index (χ4v) is 1.79. The van der Waals surface area contributed by atoms with E-state index >= 15 is 0 Å². The molecule has 1 aliphatic rings. The normalized spacial score (nSPS) is 22.8. The van der Waals surface area contributed by atoms with Crippen LogP contribution < -0.4 is 11.1 Å². The van der Waals surface area contributed by atoms with E-state index < -0.39 is 0 Å². The van der Waals surface area contributed by atoms with Crippen molar-refractivity contribution in [3.8, 4) is 0 Å². The molecule has 1 saturated heterocycles. The van der Waals surface area contributed by atoms with E-state index in [0.717, 1.165) is 9.51 Å². The molecule has 3 nitrogen and oxygen atoms in total. The van der Waals surface area contributed by atoms with Gasteiger partial charge in [0.15, 0.2) is 0 Å². The van der Waals surface area contributed by atoms with Crippen LogP contribution in [0.25, 0.3) is 0 Å². The first kappa shape index (κ1) is 8.10. The predicted octanol–water partition coefficient (Wildman–Crippen LogP) is 0.372.